The van der Waals surface area contributed by atoms with Gasteiger partial charge in [-0.15, -0.1) is 0 Å². The molecule has 5 heteroatoms. The number of benzene rings is 1. The molecule has 110 valence electrons. The van der Waals surface area contributed by atoms with Crippen LogP contribution in [-0.2, 0) is 4.74 Å². The van der Waals surface area contributed by atoms with Gasteiger partial charge in [0.2, 0.25) is 0 Å². The fourth-order valence-electron chi connectivity index (χ4n) is 2.92. The van der Waals surface area contributed by atoms with Crippen molar-refractivity contribution in [2.75, 3.05) is 25.6 Å². The number of hydrogen-bond acceptors (Lipinski definition) is 4. The Morgan fingerprint density at radius 2 is 1.85 bits per heavy atom. The molecule has 1 aliphatic heterocycles. The maximum Gasteiger partial charge on any atom is 0.163 e. The summed E-state index contributed by atoms with van der Waals surface area (Å²) in [7, 11) is 1.80. The van der Waals surface area contributed by atoms with Crippen molar-refractivity contribution in [1.82, 2.24) is 0 Å². The van der Waals surface area contributed by atoms with E-state index in [1.54, 1.807) is 7.11 Å². The number of methoxy groups -OCH3 is 1. The van der Waals surface area contributed by atoms with E-state index in [-0.39, 0.29) is 6.10 Å². The number of nitrogens with one attached hydrogen (secondary N) is 1. The van der Waals surface area contributed by atoms with E-state index < -0.39 is 0 Å². The number of ether oxygens (including phenoxy) is 3. The molecule has 1 aromatic carbocycles. The monoisotopic (exact) mass is 341 g/mol. The van der Waals surface area contributed by atoms with Crippen LogP contribution in [0.25, 0.3) is 0 Å². The molecule has 0 amide bonds. The third-order valence-electron chi connectivity index (χ3n) is 3.98. The lowest BCUT2D eigenvalue weighted by Crippen LogP contribution is -2.37. The third kappa shape index (κ3) is 2.88. The largest absolute Gasteiger partial charge is 0.486 e. The second kappa shape index (κ2) is 6.22. The molecule has 3 rings (SSSR count). The summed E-state index contributed by atoms with van der Waals surface area (Å²) in [5, 5.41) is 3.59. The van der Waals surface area contributed by atoms with Crippen LogP contribution in [0.5, 0.6) is 11.5 Å². The lowest BCUT2D eigenvalue weighted by molar-refractivity contribution is 0.0606. The summed E-state index contributed by atoms with van der Waals surface area (Å²) in [6, 6.07) is 4.34. The smallest absolute Gasteiger partial charge is 0.163 e. The highest BCUT2D eigenvalue weighted by atomic mass is 79.9. The fourth-order valence-corrected chi connectivity index (χ4v) is 3.36. The Morgan fingerprint density at radius 3 is 2.60 bits per heavy atom. The highest BCUT2D eigenvalue weighted by Gasteiger charge is 2.26. The topological polar surface area (TPSA) is 39.7 Å². The van der Waals surface area contributed by atoms with Gasteiger partial charge < -0.3 is 19.5 Å². The first-order valence-corrected chi connectivity index (χ1v) is 7.95. The van der Waals surface area contributed by atoms with E-state index in [0.29, 0.717) is 19.3 Å². The molecule has 0 spiro atoms. The number of anilines is 1. The molecule has 0 aromatic heterocycles. The summed E-state index contributed by atoms with van der Waals surface area (Å²) in [4.78, 5) is 0. The van der Waals surface area contributed by atoms with Gasteiger partial charge in [0, 0.05) is 23.7 Å². The Bertz CT molecular complexity index is 480. The van der Waals surface area contributed by atoms with Crippen LogP contribution in [0.2, 0.25) is 0 Å². The number of rotatable bonds is 3. The molecule has 1 saturated carbocycles. The molecule has 2 aliphatic rings. The second-order valence-corrected chi connectivity index (χ2v) is 6.14. The van der Waals surface area contributed by atoms with E-state index >= 15 is 0 Å². The van der Waals surface area contributed by atoms with Crippen LogP contribution in [0.3, 0.4) is 0 Å². The van der Waals surface area contributed by atoms with Gasteiger partial charge in [-0.3, -0.25) is 0 Å². The maximum atomic E-state index is 5.64. The minimum atomic E-state index is 0.281. The summed E-state index contributed by atoms with van der Waals surface area (Å²) < 4.78 is 17.8. The SMILES string of the molecule is COC1CCCCC1Nc1cc2c(cc1Br)OCCO2. The Balaban J connectivity index is 1.79. The molecule has 0 bridgehead atoms. The molecule has 20 heavy (non-hydrogen) atoms. The lowest BCUT2D eigenvalue weighted by Gasteiger charge is -2.32. The summed E-state index contributed by atoms with van der Waals surface area (Å²) in [6.07, 6.45) is 5.04. The molecule has 0 radical (unpaired) electrons. The van der Waals surface area contributed by atoms with Crippen molar-refractivity contribution >= 4 is 21.6 Å². The van der Waals surface area contributed by atoms with Gasteiger partial charge in [-0.2, -0.15) is 0 Å². The molecular weight excluding hydrogens is 322 g/mol. The van der Waals surface area contributed by atoms with Crippen molar-refractivity contribution < 1.29 is 14.2 Å². The zero-order chi connectivity index (χ0) is 13.9. The molecule has 1 aromatic rings. The normalized spacial score (nSPS) is 25.3. The summed E-state index contributed by atoms with van der Waals surface area (Å²) in [5.74, 6) is 1.62. The fraction of sp³-hybridized carbons (Fsp3) is 0.600. The second-order valence-electron chi connectivity index (χ2n) is 5.29. The van der Waals surface area contributed by atoms with Crippen LogP contribution < -0.4 is 14.8 Å². The molecule has 2 unspecified atom stereocenters. The molecular formula is C15H20BrNO3. The van der Waals surface area contributed by atoms with Crippen LogP contribution in [0, 0.1) is 0 Å². The van der Waals surface area contributed by atoms with E-state index in [1.807, 2.05) is 12.1 Å². The van der Waals surface area contributed by atoms with E-state index in [2.05, 4.69) is 21.2 Å². The van der Waals surface area contributed by atoms with Crippen molar-refractivity contribution in [3.05, 3.63) is 16.6 Å². The van der Waals surface area contributed by atoms with Crippen LogP contribution in [0.1, 0.15) is 25.7 Å². The first-order valence-electron chi connectivity index (χ1n) is 7.16. The Hall–Kier alpha value is -0.940. The zero-order valence-electron chi connectivity index (χ0n) is 11.7. The Labute approximate surface area is 127 Å². The molecule has 4 nitrogen and oxygen atoms in total. The maximum absolute atomic E-state index is 5.64. The summed E-state index contributed by atoms with van der Waals surface area (Å²) in [6.45, 7) is 1.22. The van der Waals surface area contributed by atoms with Crippen molar-refractivity contribution in [3.63, 3.8) is 0 Å². The minimum absolute atomic E-state index is 0.281. The van der Waals surface area contributed by atoms with Gasteiger partial charge in [-0.05, 0) is 28.8 Å². The number of fused-ring (bicyclic) bond motifs is 1. The van der Waals surface area contributed by atoms with E-state index in [1.165, 1.54) is 12.8 Å². The van der Waals surface area contributed by atoms with Crippen molar-refractivity contribution in [2.45, 2.75) is 37.8 Å². The van der Waals surface area contributed by atoms with Gasteiger partial charge in [-0.1, -0.05) is 12.8 Å². The van der Waals surface area contributed by atoms with Crippen LogP contribution >= 0.6 is 15.9 Å². The van der Waals surface area contributed by atoms with Gasteiger partial charge in [0.15, 0.2) is 11.5 Å². The minimum Gasteiger partial charge on any atom is -0.486 e. The summed E-state index contributed by atoms with van der Waals surface area (Å²) in [5.41, 5.74) is 1.04. The van der Waals surface area contributed by atoms with Crippen molar-refractivity contribution in [3.8, 4) is 11.5 Å². The van der Waals surface area contributed by atoms with Gasteiger partial charge in [0.25, 0.3) is 0 Å². The van der Waals surface area contributed by atoms with Gasteiger partial charge in [0.1, 0.15) is 13.2 Å². The number of halogens is 1. The molecule has 1 aliphatic carbocycles. The highest BCUT2D eigenvalue weighted by Crippen LogP contribution is 2.39. The van der Waals surface area contributed by atoms with E-state index in [0.717, 1.165) is 34.5 Å². The van der Waals surface area contributed by atoms with Crippen LogP contribution in [-0.4, -0.2) is 32.5 Å². The average molecular weight is 342 g/mol. The van der Waals surface area contributed by atoms with Crippen LogP contribution in [0.15, 0.2) is 16.6 Å². The zero-order valence-corrected chi connectivity index (χ0v) is 13.2. The standard InChI is InChI=1S/C15H20BrNO3/c1-18-13-5-3-2-4-11(13)17-12-9-15-14(8-10(12)16)19-6-7-20-15/h8-9,11,13,17H,2-7H2,1H3. The van der Waals surface area contributed by atoms with Gasteiger partial charge in [0.05, 0.1) is 17.8 Å². The molecule has 1 fully saturated rings. The number of hydrogen-bond donors (Lipinski definition) is 1. The first-order chi connectivity index (χ1) is 9.78. The highest BCUT2D eigenvalue weighted by molar-refractivity contribution is 9.10. The van der Waals surface area contributed by atoms with E-state index in [4.69, 9.17) is 14.2 Å². The average Bonchev–Trinajstić information content (AvgIpc) is 2.48. The predicted octanol–water partition coefficient (Wildman–Crippen LogP) is 3.59. The molecule has 1 N–H and O–H groups in total. The van der Waals surface area contributed by atoms with Crippen molar-refractivity contribution in [1.29, 1.82) is 0 Å². The molecule has 0 saturated heterocycles. The quantitative estimate of drug-likeness (QED) is 0.911. The molecule has 2 atom stereocenters. The van der Waals surface area contributed by atoms with Gasteiger partial charge in [-0.25, -0.2) is 0 Å². The third-order valence-corrected chi connectivity index (χ3v) is 4.63. The Kier molecular flexibility index (Phi) is 4.36. The predicted molar refractivity (Wildman–Crippen MR) is 81.8 cm³/mol. The van der Waals surface area contributed by atoms with Gasteiger partial charge >= 0.3 is 0 Å². The van der Waals surface area contributed by atoms with Crippen molar-refractivity contribution in [2.24, 2.45) is 0 Å². The lowest BCUT2D eigenvalue weighted by atomic mass is 9.92. The first kappa shape index (κ1) is 14.0. The van der Waals surface area contributed by atoms with Crippen LogP contribution in [0.4, 0.5) is 5.69 Å². The Morgan fingerprint density at radius 1 is 1.15 bits per heavy atom. The molecule has 1 heterocycles. The van der Waals surface area contributed by atoms with E-state index in [9.17, 15) is 0 Å². The summed E-state index contributed by atoms with van der Waals surface area (Å²) >= 11 is 3.61.